The summed E-state index contributed by atoms with van der Waals surface area (Å²) in [4.78, 5) is 13.7. The SMILES string of the molecule is O=c1c(O[C@@H]2O[C@H](CO)[C@@H](O)[C@H](O)[C@H]2O[C@@H]2OC[C@@H](O)[C@@H](O)[C@H]2O)c(-c2ccc(O)c(O)c2)oc2cc(O)cc(O)c12. The Morgan fingerprint density at radius 2 is 1.57 bits per heavy atom. The van der Waals surface area contributed by atoms with Crippen molar-refractivity contribution in [2.75, 3.05) is 13.2 Å². The number of aliphatic hydroxyl groups is 6. The molecule has 0 saturated carbocycles. The zero-order valence-electron chi connectivity index (χ0n) is 21.4. The second kappa shape index (κ2) is 11.5. The molecule has 0 spiro atoms. The van der Waals surface area contributed by atoms with Crippen molar-refractivity contribution < 1.29 is 74.4 Å². The molecule has 2 aromatic carbocycles. The lowest BCUT2D eigenvalue weighted by Crippen LogP contribution is -2.64. The monoisotopic (exact) mass is 596 g/mol. The van der Waals surface area contributed by atoms with E-state index in [9.17, 15) is 55.9 Å². The van der Waals surface area contributed by atoms with Crippen LogP contribution in [-0.4, -0.2) is 120 Å². The van der Waals surface area contributed by atoms with E-state index >= 15 is 0 Å². The predicted molar refractivity (Wildman–Crippen MR) is 136 cm³/mol. The third-order valence-electron chi connectivity index (χ3n) is 6.96. The van der Waals surface area contributed by atoms with Gasteiger partial charge in [0.05, 0.1) is 13.2 Å². The van der Waals surface area contributed by atoms with Crippen LogP contribution in [0.4, 0.5) is 0 Å². The second-order valence-electron chi connectivity index (χ2n) is 9.81. The lowest BCUT2D eigenvalue weighted by atomic mass is 9.98. The molecule has 0 radical (unpaired) electrons. The minimum atomic E-state index is -1.90. The van der Waals surface area contributed by atoms with Gasteiger partial charge in [-0.1, -0.05) is 0 Å². The molecule has 5 rings (SSSR count). The molecule has 0 unspecified atom stereocenters. The summed E-state index contributed by atoms with van der Waals surface area (Å²) < 4.78 is 28.0. The number of hydrogen-bond acceptors (Lipinski definition) is 16. The van der Waals surface area contributed by atoms with E-state index in [1.165, 1.54) is 6.07 Å². The van der Waals surface area contributed by atoms with Crippen LogP contribution in [0.1, 0.15) is 0 Å². The Hall–Kier alpha value is -3.71. The molecule has 0 amide bonds. The molecule has 0 aliphatic carbocycles. The lowest BCUT2D eigenvalue weighted by molar-refractivity contribution is -0.345. The first-order chi connectivity index (χ1) is 19.9. The fraction of sp³-hybridized carbons (Fsp3) is 0.423. The Morgan fingerprint density at radius 3 is 2.26 bits per heavy atom. The summed E-state index contributed by atoms with van der Waals surface area (Å²) >= 11 is 0. The summed E-state index contributed by atoms with van der Waals surface area (Å²) in [6, 6.07) is 5.21. The Kier molecular flexibility index (Phi) is 8.17. The van der Waals surface area contributed by atoms with Crippen molar-refractivity contribution in [3.63, 3.8) is 0 Å². The van der Waals surface area contributed by atoms with Crippen LogP contribution in [0.3, 0.4) is 0 Å². The summed E-state index contributed by atoms with van der Waals surface area (Å²) in [5.41, 5.74) is -1.38. The maximum absolute atomic E-state index is 13.7. The molecule has 42 heavy (non-hydrogen) atoms. The third kappa shape index (κ3) is 5.31. The highest BCUT2D eigenvalue weighted by atomic mass is 16.8. The normalized spacial score (nSPS) is 31.7. The minimum absolute atomic E-state index is 0.0437. The van der Waals surface area contributed by atoms with Gasteiger partial charge in [-0.25, -0.2) is 0 Å². The lowest BCUT2D eigenvalue weighted by Gasteiger charge is -2.44. The highest BCUT2D eigenvalue weighted by molar-refractivity contribution is 5.88. The quantitative estimate of drug-likeness (QED) is 0.137. The first-order valence-electron chi connectivity index (χ1n) is 12.6. The van der Waals surface area contributed by atoms with Crippen molar-refractivity contribution in [3.05, 3.63) is 40.6 Å². The van der Waals surface area contributed by atoms with Crippen molar-refractivity contribution in [2.45, 2.75) is 55.3 Å². The molecular weight excluding hydrogens is 568 g/mol. The summed E-state index contributed by atoms with van der Waals surface area (Å²) in [6.45, 7) is -1.31. The van der Waals surface area contributed by atoms with Gasteiger partial charge in [0.25, 0.3) is 0 Å². The summed E-state index contributed by atoms with van der Waals surface area (Å²) in [6.07, 6.45) is -15.5. The van der Waals surface area contributed by atoms with Crippen LogP contribution >= 0.6 is 0 Å². The third-order valence-corrected chi connectivity index (χ3v) is 6.96. The van der Waals surface area contributed by atoms with E-state index in [4.69, 9.17) is 23.4 Å². The van der Waals surface area contributed by atoms with Crippen LogP contribution in [0.25, 0.3) is 22.3 Å². The molecule has 3 heterocycles. The number of ether oxygens (including phenoxy) is 4. The molecule has 2 saturated heterocycles. The van der Waals surface area contributed by atoms with Crippen molar-refractivity contribution >= 4 is 11.0 Å². The number of hydrogen-bond donors (Lipinski definition) is 10. The molecular formula is C26H28O16. The molecule has 2 fully saturated rings. The van der Waals surface area contributed by atoms with E-state index in [1.54, 1.807) is 0 Å². The van der Waals surface area contributed by atoms with Crippen molar-refractivity contribution in [2.24, 2.45) is 0 Å². The van der Waals surface area contributed by atoms with Crippen LogP contribution in [0.5, 0.6) is 28.7 Å². The molecule has 0 bridgehead atoms. The highest BCUT2D eigenvalue weighted by Crippen LogP contribution is 2.40. The Bertz CT molecular complexity index is 1510. The van der Waals surface area contributed by atoms with Gasteiger partial charge < -0.3 is 74.4 Å². The van der Waals surface area contributed by atoms with Crippen molar-refractivity contribution in [3.8, 4) is 40.1 Å². The van der Waals surface area contributed by atoms with E-state index in [2.05, 4.69) is 0 Å². The molecule has 2 aliphatic rings. The van der Waals surface area contributed by atoms with Crippen LogP contribution in [0, 0.1) is 0 Å². The van der Waals surface area contributed by atoms with Crippen LogP contribution < -0.4 is 10.2 Å². The van der Waals surface area contributed by atoms with E-state index < -0.39 is 114 Å². The molecule has 16 heteroatoms. The fourth-order valence-electron chi connectivity index (χ4n) is 4.70. The molecule has 2 aliphatic heterocycles. The first-order valence-corrected chi connectivity index (χ1v) is 12.6. The van der Waals surface area contributed by atoms with Crippen LogP contribution in [-0.2, 0) is 14.2 Å². The Labute approximate surface area is 235 Å². The zero-order chi connectivity index (χ0) is 30.5. The molecule has 9 atom stereocenters. The average molecular weight is 596 g/mol. The maximum atomic E-state index is 13.7. The number of benzene rings is 2. The molecule has 1 aromatic heterocycles. The largest absolute Gasteiger partial charge is 0.508 e. The van der Waals surface area contributed by atoms with Gasteiger partial charge in [-0.3, -0.25) is 4.79 Å². The number of phenols is 4. The Balaban J connectivity index is 1.62. The molecule has 3 aromatic rings. The van der Waals surface area contributed by atoms with Gasteiger partial charge in [0.15, 0.2) is 29.7 Å². The fourth-order valence-corrected chi connectivity index (χ4v) is 4.70. The number of rotatable bonds is 6. The van der Waals surface area contributed by atoms with Gasteiger partial charge in [-0.15, -0.1) is 0 Å². The van der Waals surface area contributed by atoms with Gasteiger partial charge in [0.1, 0.15) is 59.1 Å². The second-order valence-corrected chi connectivity index (χ2v) is 9.81. The number of aliphatic hydroxyl groups excluding tert-OH is 6. The zero-order valence-corrected chi connectivity index (χ0v) is 21.4. The smallest absolute Gasteiger partial charge is 0.239 e. The van der Waals surface area contributed by atoms with Gasteiger partial charge >= 0.3 is 0 Å². The topological polar surface area (TPSA) is 269 Å². The Morgan fingerprint density at radius 1 is 0.833 bits per heavy atom. The van der Waals surface area contributed by atoms with E-state index in [-0.39, 0.29) is 11.1 Å². The minimum Gasteiger partial charge on any atom is -0.508 e. The summed E-state index contributed by atoms with van der Waals surface area (Å²) in [5.74, 6) is -3.39. The number of aromatic hydroxyl groups is 4. The van der Waals surface area contributed by atoms with E-state index in [1.807, 2.05) is 0 Å². The van der Waals surface area contributed by atoms with Gasteiger partial charge in [0, 0.05) is 17.7 Å². The van der Waals surface area contributed by atoms with E-state index in [0.29, 0.717) is 0 Å². The van der Waals surface area contributed by atoms with Gasteiger partial charge in [0.2, 0.25) is 17.5 Å². The summed E-state index contributed by atoms with van der Waals surface area (Å²) in [5, 5.41) is 101. The van der Waals surface area contributed by atoms with Crippen LogP contribution in [0.2, 0.25) is 0 Å². The van der Waals surface area contributed by atoms with Gasteiger partial charge in [-0.2, -0.15) is 0 Å². The number of fused-ring (bicyclic) bond motifs is 1. The van der Waals surface area contributed by atoms with Crippen molar-refractivity contribution in [1.29, 1.82) is 0 Å². The summed E-state index contributed by atoms with van der Waals surface area (Å²) in [7, 11) is 0. The molecule has 10 N–H and O–H groups in total. The van der Waals surface area contributed by atoms with E-state index in [0.717, 1.165) is 24.3 Å². The average Bonchev–Trinajstić information content (AvgIpc) is 2.94. The van der Waals surface area contributed by atoms with Crippen LogP contribution in [0.15, 0.2) is 39.5 Å². The van der Waals surface area contributed by atoms with Crippen molar-refractivity contribution in [1.82, 2.24) is 0 Å². The predicted octanol–water partition coefficient (Wildman–Crippen LogP) is -2.08. The number of phenolic OH excluding ortho intramolecular Hbond substituents is 4. The standard InChI is InChI=1S/C26H28O16/c27-6-15-18(34)20(36)24(42-25-21(37)17(33)13(32)7-38-25)26(40-15)41-23-19(35)16-12(31)4-9(28)5-14(16)39-22(23)8-1-2-10(29)11(30)3-8/h1-5,13,15,17-18,20-21,24-34,36-37H,6-7H2/t13-,15-,17-,18-,20+,21-,24-,25+,26+/m1/s1. The molecule has 228 valence electrons. The first kappa shape index (κ1) is 29.8. The van der Waals surface area contributed by atoms with Gasteiger partial charge in [-0.05, 0) is 18.2 Å². The maximum Gasteiger partial charge on any atom is 0.239 e. The molecule has 16 nitrogen and oxygen atoms in total. The highest BCUT2D eigenvalue weighted by Gasteiger charge is 2.50.